The summed E-state index contributed by atoms with van der Waals surface area (Å²) in [6.07, 6.45) is 0. The van der Waals surface area contributed by atoms with Gasteiger partial charge in [0.1, 0.15) is 0 Å². The van der Waals surface area contributed by atoms with Gasteiger partial charge in [0, 0.05) is 34.6 Å². The number of hydrogen-bond acceptors (Lipinski definition) is 5. The van der Waals surface area contributed by atoms with Crippen molar-refractivity contribution < 1.29 is 9.59 Å². The van der Waals surface area contributed by atoms with Crippen LogP contribution in [0.1, 0.15) is 23.0 Å². The molecule has 7 heteroatoms. The first-order valence-corrected chi connectivity index (χ1v) is 9.89. The lowest BCUT2D eigenvalue weighted by Crippen LogP contribution is -2.13. The molecule has 4 rings (SSSR count). The summed E-state index contributed by atoms with van der Waals surface area (Å²) in [6, 6.07) is 16.8. The zero-order chi connectivity index (χ0) is 20.4. The largest absolute Gasteiger partial charge is 0.326 e. The molecule has 0 saturated heterocycles. The van der Waals surface area contributed by atoms with Crippen molar-refractivity contribution in [1.29, 1.82) is 0 Å². The van der Waals surface area contributed by atoms with Gasteiger partial charge in [-0.05, 0) is 31.2 Å². The van der Waals surface area contributed by atoms with Gasteiger partial charge in [-0.25, -0.2) is 4.98 Å². The molecule has 2 aromatic carbocycles. The van der Waals surface area contributed by atoms with E-state index in [-0.39, 0.29) is 11.8 Å². The Balaban J connectivity index is 1.55. The van der Waals surface area contributed by atoms with Gasteiger partial charge in [0.2, 0.25) is 5.91 Å². The first kappa shape index (κ1) is 18.8. The quantitative estimate of drug-likeness (QED) is 0.510. The van der Waals surface area contributed by atoms with E-state index in [0.29, 0.717) is 10.7 Å². The van der Waals surface area contributed by atoms with Crippen LogP contribution in [0.5, 0.6) is 0 Å². The van der Waals surface area contributed by atoms with Crippen LogP contribution >= 0.6 is 11.3 Å². The molecular formula is C22H18N4O2S. The average molecular weight is 402 g/mol. The predicted octanol–water partition coefficient (Wildman–Crippen LogP) is 4.88. The number of aromatic nitrogens is 2. The second-order valence-corrected chi connectivity index (χ2v) is 7.44. The molecule has 0 atom stereocenters. The molecule has 0 aliphatic carbocycles. The number of carbonyl (C=O) groups is 2. The Morgan fingerprint density at radius 2 is 1.72 bits per heavy atom. The zero-order valence-corrected chi connectivity index (χ0v) is 16.7. The molecule has 0 bridgehead atoms. The molecule has 0 aliphatic heterocycles. The number of para-hydroxylation sites is 1. The van der Waals surface area contributed by atoms with Crippen LogP contribution in [0.25, 0.3) is 22.2 Å². The van der Waals surface area contributed by atoms with Crippen LogP contribution in [0, 0.1) is 6.92 Å². The molecule has 144 valence electrons. The van der Waals surface area contributed by atoms with Crippen molar-refractivity contribution >= 4 is 44.9 Å². The molecule has 4 aromatic rings. The molecule has 6 nitrogen and oxygen atoms in total. The van der Waals surface area contributed by atoms with E-state index in [1.54, 1.807) is 6.07 Å². The Morgan fingerprint density at radius 1 is 0.966 bits per heavy atom. The van der Waals surface area contributed by atoms with Crippen LogP contribution < -0.4 is 10.6 Å². The smallest absolute Gasteiger partial charge is 0.258 e. The third-order valence-electron chi connectivity index (χ3n) is 4.31. The van der Waals surface area contributed by atoms with Gasteiger partial charge < -0.3 is 5.32 Å². The van der Waals surface area contributed by atoms with E-state index < -0.39 is 0 Å². The van der Waals surface area contributed by atoms with Gasteiger partial charge in [0.05, 0.1) is 16.8 Å². The second-order valence-electron chi connectivity index (χ2n) is 6.58. The minimum absolute atomic E-state index is 0.115. The van der Waals surface area contributed by atoms with Crippen molar-refractivity contribution in [2.24, 2.45) is 0 Å². The maximum atomic E-state index is 12.9. The third-order valence-corrected chi connectivity index (χ3v) is 5.07. The lowest BCUT2D eigenvalue weighted by atomic mass is 10.1. The van der Waals surface area contributed by atoms with Crippen molar-refractivity contribution in [3.63, 3.8) is 0 Å². The number of amides is 2. The average Bonchev–Trinajstić information content (AvgIpc) is 3.15. The van der Waals surface area contributed by atoms with Crippen molar-refractivity contribution in [2.75, 3.05) is 10.6 Å². The number of nitrogens with zero attached hydrogens (tertiary/aromatic N) is 2. The van der Waals surface area contributed by atoms with Crippen LogP contribution in [0.2, 0.25) is 0 Å². The topological polar surface area (TPSA) is 84.0 Å². The summed E-state index contributed by atoms with van der Waals surface area (Å²) in [6.45, 7) is 3.34. The SMILES string of the molecule is CC(=O)Nc1ccc(-c2csc(NC(=O)c3cc(C)nc4ccccc34)n2)cc1. The molecule has 0 fully saturated rings. The normalized spacial score (nSPS) is 10.7. The fourth-order valence-electron chi connectivity index (χ4n) is 3.05. The standard InChI is InChI=1S/C22H18N4O2S/c1-13-11-18(17-5-3-4-6-19(17)23-13)21(28)26-22-25-20(12-29-22)15-7-9-16(10-8-15)24-14(2)27/h3-12H,1-2H3,(H,24,27)(H,25,26,28). The van der Waals surface area contributed by atoms with Crippen LogP contribution in [-0.4, -0.2) is 21.8 Å². The highest BCUT2D eigenvalue weighted by molar-refractivity contribution is 7.14. The van der Waals surface area contributed by atoms with Gasteiger partial charge in [-0.15, -0.1) is 11.3 Å². The van der Waals surface area contributed by atoms with E-state index in [1.165, 1.54) is 18.3 Å². The van der Waals surface area contributed by atoms with Crippen LogP contribution in [-0.2, 0) is 4.79 Å². The Kier molecular flexibility index (Phi) is 5.05. The lowest BCUT2D eigenvalue weighted by molar-refractivity contribution is -0.114. The van der Waals surface area contributed by atoms with Gasteiger partial charge in [-0.1, -0.05) is 30.3 Å². The highest BCUT2D eigenvalue weighted by atomic mass is 32.1. The fraction of sp³-hybridized carbons (Fsp3) is 0.0909. The maximum absolute atomic E-state index is 12.9. The first-order chi connectivity index (χ1) is 14.0. The monoisotopic (exact) mass is 402 g/mol. The molecule has 2 heterocycles. The van der Waals surface area contributed by atoms with E-state index in [1.807, 2.05) is 60.8 Å². The van der Waals surface area contributed by atoms with E-state index in [9.17, 15) is 9.59 Å². The summed E-state index contributed by atoms with van der Waals surface area (Å²) in [5.41, 5.74) is 4.54. The molecule has 0 saturated carbocycles. The maximum Gasteiger partial charge on any atom is 0.258 e. The number of rotatable bonds is 4. The lowest BCUT2D eigenvalue weighted by Gasteiger charge is -2.07. The van der Waals surface area contributed by atoms with E-state index in [0.717, 1.165) is 33.5 Å². The van der Waals surface area contributed by atoms with Crippen molar-refractivity contribution in [1.82, 2.24) is 9.97 Å². The van der Waals surface area contributed by atoms with Gasteiger partial charge in [-0.2, -0.15) is 0 Å². The Bertz CT molecular complexity index is 1220. The number of thiazole rings is 1. The number of benzene rings is 2. The predicted molar refractivity (Wildman–Crippen MR) is 116 cm³/mol. The number of hydrogen-bond donors (Lipinski definition) is 2. The summed E-state index contributed by atoms with van der Waals surface area (Å²) in [7, 11) is 0. The number of nitrogens with one attached hydrogen (secondary N) is 2. The number of aryl methyl sites for hydroxylation is 1. The van der Waals surface area contributed by atoms with E-state index in [2.05, 4.69) is 20.6 Å². The van der Waals surface area contributed by atoms with Gasteiger partial charge >= 0.3 is 0 Å². The van der Waals surface area contributed by atoms with Gasteiger partial charge in [0.25, 0.3) is 5.91 Å². The van der Waals surface area contributed by atoms with Crippen molar-refractivity contribution in [3.8, 4) is 11.3 Å². The molecule has 0 aliphatic rings. The summed E-state index contributed by atoms with van der Waals surface area (Å²) in [4.78, 5) is 33.0. The molecule has 2 aromatic heterocycles. The van der Waals surface area contributed by atoms with Gasteiger partial charge in [-0.3, -0.25) is 19.9 Å². The zero-order valence-electron chi connectivity index (χ0n) is 15.9. The molecule has 0 radical (unpaired) electrons. The minimum Gasteiger partial charge on any atom is -0.326 e. The molecule has 0 unspecified atom stereocenters. The minimum atomic E-state index is -0.214. The first-order valence-electron chi connectivity index (χ1n) is 9.01. The second kappa shape index (κ2) is 7.81. The number of fused-ring (bicyclic) bond motifs is 1. The number of pyridine rings is 1. The molecular weight excluding hydrogens is 384 g/mol. The number of carbonyl (C=O) groups excluding carboxylic acids is 2. The highest BCUT2D eigenvalue weighted by Crippen LogP contribution is 2.27. The van der Waals surface area contributed by atoms with Gasteiger partial charge in [0.15, 0.2) is 5.13 Å². The Hall–Kier alpha value is -3.58. The van der Waals surface area contributed by atoms with Crippen LogP contribution in [0.15, 0.2) is 60.0 Å². The summed E-state index contributed by atoms with van der Waals surface area (Å²) >= 11 is 1.36. The van der Waals surface area contributed by atoms with E-state index >= 15 is 0 Å². The molecule has 2 N–H and O–H groups in total. The van der Waals surface area contributed by atoms with Crippen molar-refractivity contribution in [3.05, 3.63) is 71.2 Å². The van der Waals surface area contributed by atoms with Crippen LogP contribution in [0.4, 0.5) is 10.8 Å². The molecule has 0 spiro atoms. The molecule has 29 heavy (non-hydrogen) atoms. The van der Waals surface area contributed by atoms with Crippen LogP contribution in [0.3, 0.4) is 0 Å². The molecule has 2 amide bonds. The summed E-state index contributed by atoms with van der Waals surface area (Å²) < 4.78 is 0. The Morgan fingerprint density at radius 3 is 2.48 bits per heavy atom. The Labute approximate surface area is 171 Å². The summed E-state index contributed by atoms with van der Waals surface area (Å²) in [5, 5.41) is 8.84. The summed E-state index contributed by atoms with van der Waals surface area (Å²) in [5.74, 6) is -0.330. The fourth-order valence-corrected chi connectivity index (χ4v) is 3.77. The van der Waals surface area contributed by atoms with E-state index in [4.69, 9.17) is 0 Å². The van der Waals surface area contributed by atoms with Crippen molar-refractivity contribution in [2.45, 2.75) is 13.8 Å². The number of anilines is 2. The third kappa shape index (κ3) is 4.14. The highest BCUT2D eigenvalue weighted by Gasteiger charge is 2.14.